The summed E-state index contributed by atoms with van der Waals surface area (Å²) < 4.78 is 0. The molecule has 0 bridgehead atoms. The molecule has 1 rings (SSSR count). The van der Waals surface area contributed by atoms with Crippen LogP contribution in [0.1, 0.15) is 25.8 Å². The number of amides is 3. The molecule has 0 radical (unpaired) electrons. The summed E-state index contributed by atoms with van der Waals surface area (Å²) >= 11 is 5.82. The van der Waals surface area contributed by atoms with Crippen LogP contribution in [-0.2, 0) is 11.2 Å². The van der Waals surface area contributed by atoms with E-state index in [1.165, 1.54) is 0 Å². The van der Waals surface area contributed by atoms with E-state index in [-0.39, 0.29) is 11.8 Å². The van der Waals surface area contributed by atoms with Crippen LogP contribution < -0.4 is 16.4 Å². The van der Waals surface area contributed by atoms with E-state index in [4.69, 9.17) is 17.3 Å². The Labute approximate surface area is 130 Å². The molecule has 0 aliphatic carbocycles. The molecule has 0 unspecified atom stereocenters. The van der Waals surface area contributed by atoms with Crippen molar-refractivity contribution in [1.29, 1.82) is 0 Å². The van der Waals surface area contributed by atoms with E-state index < -0.39 is 12.1 Å². The Hall–Kier alpha value is -1.75. The minimum atomic E-state index is -0.687. The lowest BCUT2D eigenvalue weighted by atomic mass is 9.98. The van der Waals surface area contributed by atoms with Gasteiger partial charge in [0.1, 0.15) is 6.04 Å². The zero-order chi connectivity index (χ0) is 15.8. The summed E-state index contributed by atoms with van der Waals surface area (Å²) in [5, 5.41) is 6.01. The average Bonchev–Trinajstić information content (AvgIpc) is 2.45. The second-order valence-electron chi connectivity index (χ2n) is 5.04. The largest absolute Gasteiger partial charge is 0.354 e. The average molecular weight is 312 g/mol. The fourth-order valence-corrected chi connectivity index (χ4v) is 2.07. The van der Waals surface area contributed by atoms with Crippen molar-refractivity contribution in [2.24, 2.45) is 11.7 Å². The van der Waals surface area contributed by atoms with Gasteiger partial charge in [0.25, 0.3) is 0 Å². The number of halogens is 1. The highest BCUT2D eigenvalue weighted by atomic mass is 35.5. The zero-order valence-corrected chi connectivity index (χ0v) is 13.1. The summed E-state index contributed by atoms with van der Waals surface area (Å²) in [6, 6.07) is 6.18. The van der Waals surface area contributed by atoms with Crippen LogP contribution in [0.4, 0.5) is 4.79 Å². The first-order valence-electron chi connectivity index (χ1n) is 7.02. The zero-order valence-electron chi connectivity index (χ0n) is 12.4. The molecule has 0 aliphatic heterocycles. The number of hydrogen-bond donors (Lipinski definition) is 3. The second-order valence-corrected chi connectivity index (χ2v) is 5.48. The van der Waals surface area contributed by atoms with Gasteiger partial charge in [-0.25, -0.2) is 4.79 Å². The quantitative estimate of drug-likeness (QED) is 0.720. The van der Waals surface area contributed by atoms with Crippen molar-refractivity contribution in [3.05, 3.63) is 34.9 Å². The molecule has 4 N–H and O–H groups in total. The van der Waals surface area contributed by atoms with Gasteiger partial charge in [0.15, 0.2) is 0 Å². The van der Waals surface area contributed by atoms with Gasteiger partial charge in [-0.3, -0.25) is 4.79 Å². The maximum Gasteiger partial charge on any atom is 0.312 e. The molecule has 6 heteroatoms. The first-order valence-corrected chi connectivity index (χ1v) is 7.40. The molecule has 1 aromatic carbocycles. The highest BCUT2D eigenvalue weighted by molar-refractivity contribution is 6.30. The molecule has 21 heavy (non-hydrogen) atoms. The van der Waals surface area contributed by atoms with E-state index in [2.05, 4.69) is 10.6 Å². The van der Waals surface area contributed by atoms with E-state index in [0.29, 0.717) is 18.0 Å². The van der Waals surface area contributed by atoms with Crippen LogP contribution in [-0.4, -0.2) is 24.5 Å². The molecule has 0 saturated carbocycles. The molecular formula is C15H22ClN3O2. The number of carbonyl (C=O) groups excluding carboxylic acids is 2. The summed E-state index contributed by atoms with van der Waals surface area (Å²) in [6.07, 6.45) is 1.47. The monoisotopic (exact) mass is 311 g/mol. The fourth-order valence-electron chi connectivity index (χ4n) is 1.95. The standard InChI is InChI=1S/C15H22ClN3O2/c1-3-10(2)13(19-15(17)21)14(20)18-9-8-11-4-6-12(16)7-5-11/h4-7,10,13H,3,8-9H2,1-2H3,(H,18,20)(H3,17,19,21)/t10-,13-/m0/s1. The molecule has 116 valence electrons. The molecule has 1 aromatic rings. The lowest BCUT2D eigenvalue weighted by Crippen LogP contribution is -2.52. The van der Waals surface area contributed by atoms with Crippen molar-refractivity contribution in [3.63, 3.8) is 0 Å². The minimum Gasteiger partial charge on any atom is -0.354 e. The van der Waals surface area contributed by atoms with Crippen LogP contribution in [0, 0.1) is 5.92 Å². The van der Waals surface area contributed by atoms with Gasteiger partial charge in [-0.15, -0.1) is 0 Å². The van der Waals surface area contributed by atoms with E-state index in [0.717, 1.165) is 12.0 Å². The number of urea groups is 1. The number of nitrogens with one attached hydrogen (secondary N) is 2. The lowest BCUT2D eigenvalue weighted by Gasteiger charge is -2.22. The Bertz CT molecular complexity index is 476. The smallest absolute Gasteiger partial charge is 0.312 e. The molecule has 0 heterocycles. The van der Waals surface area contributed by atoms with E-state index in [9.17, 15) is 9.59 Å². The maximum absolute atomic E-state index is 12.1. The topological polar surface area (TPSA) is 84.2 Å². The van der Waals surface area contributed by atoms with Gasteiger partial charge < -0.3 is 16.4 Å². The van der Waals surface area contributed by atoms with Crippen molar-refractivity contribution in [3.8, 4) is 0 Å². The fraction of sp³-hybridized carbons (Fsp3) is 0.467. The minimum absolute atomic E-state index is 0.0213. The molecule has 0 saturated heterocycles. The molecule has 5 nitrogen and oxygen atoms in total. The number of nitrogens with two attached hydrogens (primary N) is 1. The molecule has 0 aromatic heterocycles. The summed E-state index contributed by atoms with van der Waals surface area (Å²) in [5.74, 6) is -0.190. The van der Waals surface area contributed by atoms with Crippen LogP contribution in [0.5, 0.6) is 0 Å². The van der Waals surface area contributed by atoms with Crippen molar-refractivity contribution >= 4 is 23.5 Å². The van der Waals surface area contributed by atoms with Gasteiger partial charge in [0.05, 0.1) is 0 Å². The highest BCUT2D eigenvalue weighted by Crippen LogP contribution is 2.10. The van der Waals surface area contributed by atoms with Gasteiger partial charge in [-0.05, 0) is 30.0 Å². The predicted molar refractivity (Wildman–Crippen MR) is 84.1 cm³/mol. The molecule has 0 fully saturated rings. The maximum atomic E-state index is 12.1. The first kappa shape index (κ1) is 17.3. The number of hydrogen-bond acceptors (Lipinski definition) is 2. The summed E-state index contributed by atoms with van der Waals surface area (Å²) in [5.41, 5.74) is 6.20. The Kier molecular flexibility index (Phi) is 7.02. The van der Waals surface area contributed by atoms with Gasteiger partial charge in [0, 0.05) is 11.6 Å². The van der Waals surface area contributed by atoms with Crippen LogP contribution in [0.3, 0.4) is 0 Å². The third-order valence-corrected chi connectivity index (χ3v) is 3.67. The predicted octanol–water partition coefficient (Wildman–Crippen LogP) is 2.08. The lowest BCUT2D eigenvalue weighted by molar-refractivity contribution is -0.124. The van der Waals surface area contributed by atoms with Crippen molar-refractivity contribution in [1.82, 2.24) is 10.6 Å². The van der Waals surface area contributed by atoms with Crippen LogP contribution in [0.25, 0.3) is 0 Å². The van der Waals surface area contributed by atoms with E-state index in [1.807, 2.05) is 38.1 Å². The van der Waals surface area contributed by atoms with Crippen molar-refractivity contribution in [2.45, 2.75) is 32.7 Å². The number of carbonyl (C=O) groups is 2. The number of rotatable bonds is 7. The van der Waals surface area contributed by atoms with E-state index in [1.54, 1.807) is 0 Å². The third kappa shape index (κ3) is 6.04. The molecular weight excluding hydrogens is 290 g/mol. The molecule has 3 amide bonds. The molecule has 2 atom stereocenters. The summed E-state index contributed by atoms with van der Waals surface area (Å²) in [6.45, 7) is 4.36. The molecule has 0 aliphatic rings. The second kappa shape index (κ2) is 8.52. The highest BCUT2D eigenvalue weighted by Gasteiger charge is 2.24. The van der Waals surface area contributed by atoms with Crippen molar-refractivity contribution < 1.29 is 9.59 Å². The Morgan fingerprint density at radius 3 is 2.43 bits per heavy atom. The van der Waals surface area contributed by atoms with Gasteiger partial charge >= 0.3 is 6.03 Å². The normalized spacial score (nSPS) is 13.3. The number of primary amides is 1. The first-order chi connectivity index (χ1) is 9.93. The molecule has 0 spiro atoms. The van der Waals surface area contributed by atoms with Gasteiger partial charge in [-0.1, -0.05) is 44.0 Å². The Morgan fingerprint density at radius 2 is 1.90 bits per heavy atom. The number of benzene rings is 1. The van der Waals surface area contributed by atoms with Crippen LogP contribution in [0.15, 0.2) is 24.3 Å². The summed E-state index contributed by atoms with van der Waals surface area (Å²) in [7, 11) is 0. The third-order valence-electron chi connectivity index (χ3n) is 3.42. The van der Waals surface area contributed by atoms with Crippen LogP contribution in [0.2, 0.25) is 5.02 Å². The van der Waals surface area contributed by atoms with Crippen molar-refractivity contribution in [2.75, 3.05) is 6.54 Å². The SMILES string of the molecule is CC[C@H](C)[C@H](NC(N)=O)C(=O)NCCc1ccc(Cl)cc1. The van der Waals surface area contributed by atoms with Crippen LogP contribution >= 0.6 is 11.6 Å². The Morgan fingerprint density at radius 1 is 1.29 bits per heavy atom. The summed E-state index contributed by atoms with van der Waals surface area (Å²) in [4.78, 5) is 23.1. The van der Waals surface area contributed by atoms with E-state index >= 15 is 0 Å². The van der Waals surface area contributed by atoms with Gasteiger partial charge in [0.2, 0.25) is 5.91 Å². The van der Waals surface area contributed by atoms with Gasteiger partial charge in [-0.2, -0.15) is 0 Å². The Balaban J connectivity index is 2.49.